The number of hydrogen-bond acceptors (Lipinski definition) is 3. The smallest absolute Gasteiger partial charge is 0.335 e. The van der Waals surface area contributed by atoms with Gasteiger partial charge in [0.2, 0.25) is 0 Å². The van der Waals surface area contributed by atoms with Gasteiger partial charge < -0.3 is 15.9 Å². The lowest BCUT2D eigenvalue weighted by atomic mass is 9.96. The van der Waals surface area contributed by atoms with E-state index in [1.54, 1.807) is 19.9 Å². The van der Waals surface area contributed by atoms with Gasteiger partial charge in [0.15, 0.2) is 0 Å². The summed E-state index contributed by atoms with van der Waals surface area (Å²) < 4.78 is 0. The zero-order valence-corrected chi connectivity index (χ0v) is 9.73. The van der Waals surface area contributed by atoms with Crippen LogP contribution in [0, 0.1) is 13.8 Å². The second-order valence-electron chi connectivity index (χ2n) is 4.04. The lowest BCUT2D eigenvalue weighted by Gasteiger charge is -2.11. The van der Waals surface area contributed by atoms with Gasteiger partial charge in [-0.3, -0.25) is 4.79 Å². The third-order valence-electron chi connectivity index (χ3n) is 2.73. The van der Waals surface area contributed by atoms with Crippen LogP contribution in [0.2, 0.25) is 0 Å². The minimum Gasteiger partial charge on any atom is -0.480 e. The Labute approximate surface area is 98.9 Å². The second kappa shape index (κ2) is 4.97. The molecule has 1 rings (SSSR count). The van der Waals surface area contributed by atoms with Crippen molar-refractivity contribution in [3.05, 3.63) is 34.4 Å². The fourth-order valence-electron chi connectivity index (χ4n) is 1.62. The highest BCUT2D eigenvalue weighted by molar-refractivity contribution is 5.90. The molecule has 1 aromatic rings. The molecule has 1 atom stereocenters. The van der Waals surface area contributed by atoms with E-state index in [-0.39, 0.29) is 12.0 Å². The van der Waals surface area contributed by atoms with Crippen LogP contribution in [0.1, 0.15) is 27.0 Å². The Kier molecular flexibility index (Phi) is 3.85. The van der Waals surface area contributed by atoms with Gasteiger partial charge in [-0.2, -0.15) is 0 Å². The number of rotatable bonds is 4. The Morgan fingerprint density at radius 3 is 2.35 bits per heavy atom. The number of hydrogen-bond donors (Lipinski definition) is 3. The van der Waals surface area contributed by atoms with Gasteiger partial charge in [0, 0.05) is 0 Å². The average Bonchev–Trinajstić information content (AvgIpc) is 2.22. The number of carboxylic acid groups (broad SMARTS) is 2. The first-order chi connectivity index (χ1) is 7.82. The third-order valence-corrected chi connectivity index (χ3v) is 2.73. The van der Waals surface area contributed by atoms with Crippen molar-refractivity contribution in [2.75, 3.05) is 0 Å². The van der Waals surface area contributed by atoms with E-state index in [0.717, 1.165) is 5.56 Å². The maximum Gasteiger partial charge on any atom is 0.335 e. The first kappa shape index (κ1) is 13.2. The van der Waals surface area contributed by atoms with Crippen LogP contribution in [0.5, 0.6) is 0 Å². The second-order valence-corrected chi connectivity index (χ2v) is 4.04. The number of benzene rings is 1. The summed E-state index contributed by atoms with van der Waals surface area (Å²) in [5.41, 5.74) is 7.74. The van der Waals surface area contributed by atoms with Gasteiger partial charge >= 0.3 is 11.9 Å². The van der Waals surface area contributed by atoms with E-state index in [0.29, 0.717) is 11.1 Å². The van der Waals surface area contributed by atoms with Crippen molar-refractivity contribution < 1.29 is 19.8 Å². The van der Waals surface area contributed by atoms with Crippen molar-refractivity contribution in [2.45, 2.75) is 26.3 Å². The third kappa shape index (κ3) is 3.04. The van der Waals surface area contributed by atoms with Crippen LogP contribution in [-0.2, 0) is 11.2 Å². The molecule has 4 N–H and O–H groups in total. The lowest BCUT2D eigenvalue weighted by Crippen LogP contribution is -2.32. The molecule has 0 spiro atoms. The molecule has 0 aliphatic heterocycles. The summed E-state index contributed by atoms with van der Waals surface area (Å²) in [6.07, 6.45) is 0.122. The van der Waals surface area contributed by atoms with Crippen LogP contribution in [0.25, 0.3) is 0 Å². The summed E-state index contributed by atoms with van der Waals surface area (Å²) in [4.78, 5) is 21.6. The standard InChI is InChI=1S/C12H15NO4/c1-6-3-8(5-10(13)12(16)17)4-9(7(6)2)11(14)15/h3-4,10H,5,13H2,1-2H3,(H,14,15)(H,16,17). The number of carbonyl (C=O) groups is 2. The zero-order chi connectivity index (χ0) is 13.2. The molecule has 0 saturated heterocycles. The molecule has 92 valence electrons. The van der Waals surface area contributed by atoms with Crippen molar-refractivity contribution in [1.82, 2.24) is 0 Å². The molecule has 5 heteroatoms. The van der Waals surface area contributed by atoms with Crippen molar-refractivity contribution in [3.63, 3.8) is 0 Å². The predicted octanol–water partition coefficient (Wildman–Crippen LogP) is 0.956. The minimum absolute atomic E-state index is 0.122. The van der Waals surface area contributed by atoms with Gasteiger partial charge in [-0.05, 0) is 43.0 Å². The van der Waals surface area contributed by atoms with E-state index in [1.807, 2.05) is 0 Å². The van der Waals surface area contributed by atoms with Crippen LogP contribution in [0.3, 0.4) is 0 Å². The molecule has 1 unspecified atom stereocenters. The number of nitrogens with two attached hydrogens (primary N) is 1. The average molecular weight is 237 g/mol. The van der Waals surface area contributed by atoms with Crippen LogP contribution in [0.4, 0.5) is 0 Å². The summed E-state index contributed by atoms with van der Waals surface area (Å²) in [6.45, 7) is 3.51. The molecule has 0 aromatic heterocycles. The molecule has 0 heterocycles. The topological polar surface area (TPSA) is 101 Å². The summed E-state index contributed by atoms with van der Waals surface area (Å²) in [7, 11) is 0. The van der Waals surface area contributed by atoms with Gasteiger partial charge in [-0.15, -0.1) is 0 Å². The first-order valence-corrected chi connectivity index (χ1v) is 5.14. The molecule has 0 saturated carbocycles. The van der Waals surface area contributed by atoms with E-state index >= 15 is 0 Å². The van der Waals surface area contributed by atoms with Gasteiger partial charge in [-0.25, -0.2) is 4.79 Å². The van der Waals surface area contributed by atoms with Crippen LogP contribution in [0.15, 0.2) is 12.1 Å². The predicted molar refractivity (Wildman–Crippen MR) is 62.2 cm³/mol. The Morgan fingerprint density at radius 1 is 1.29 bits per heavy atom. The highest BCUT2D eigenvalue weighted by Crippen LogP contribution is 2.17. The zero-order valence-electron chi connectivity index (χ0n) is 9.73. The Bertz CT molecular complexity index is 468. The van der Waals surface area contributed by atoms with Crippen molar-refractivity contribution in [1.29, 1.82) is 0 Å². The molecule has 5 nitrogen and oxygen atoms in total. The van der Waals surface area contributed by atoms with E-state index in [4.69, 9.17) is 15.9 Å². The van der Waals surface area contributed by atoms with Crippen molar-refractivity contribution >= 4 is 11.9 Å². The summed E-state index contributed by atoms with van der Waals surface area (Å²) >= 11 is 0. The Morgan fingerprint density at radius 2 is 1.88 bits per heavy atom. The molecule has 0 amide bonds. The van der Waals surface area contributed by atoms with Crippen LogP contribution >= 0.6 is 0 Å². The fourth-order valence-corrected chi connectivity index (χ4v) is 1.62. The molecule has 0 fully saturated rings. The Balaban J connectivity index is 3.11. The highest BCUT2D eigenvalue weighted by atomic mass is 16.4. The molecule has 1 aromatic carbocycles. The van der Waals surface area contributed by atoms with E-state index < -0.39 is 18.0 Å². The SMILES string of the molecule is Cc1cc(CC(N)C(=O)O)cc(C(=O)O)c1C. The Hall–Kier alpha value is -1.88. The molecular formula is C12H15NO4. The summed E-state index contributed by atoms with van der Waals surface area (Å²) in [5, 5.41) is 17.7. The van der Waals surface area contributed by atoms with Gasteiger partial charge in [-0.1, -0.05) is 6.07 Å². The number of carboxylic acids is 2. The molecule has 0 bridgehead atoms. The van der Waals surface area contributed by atoms with Crippen LogP contribution in [-0.4, -0.2) is 28.2 Å². The number of aryl methyl sites for hydroxylation is 1. The normalized spacial score (nSPS) is 12.2. The lowest BCUT2D eigenvalue weighted by molar-refractivity contribution is -0.138. The monoisotopic (exact) mass is 237 g/mol. The van der Waals surface area contributed by atoms with Crippen LogP contribution < -0.4 is 5.73 Å². The van der Waals surface area contributed by atoms with Crippen molar-refractivity contribution in [3.8, 4) is 0 Å². The quantitative estimate of drug-likeness (QED) is 0.724. The summed E-state index contributed by atoms with van der Waals surface area (Å²) in [5.74, 6) is -2.11. The minimum atomic E-state index is -1.10. The van der Waals surface area contributed by atoms with E-state index in [9.17, 15) is 9.59 Å². The molecule has 0 aliphatic rings. The molecular weight excluding hydrogens is 222 g/mol. The number of aliphatic carboxylic acids is 1. The molecule has 0 radical (unpaired) electrons. The van der Waals surface area contributed by atoms with E-state index in [1.165, 1.54) is 6.07 Å². The van der Waals surface area contributed by atoms with E-state index in [2.05, 4.69) is 0 Å². The van der Waals surface area contributed by atoms with Gasteiger partial charge in [0.1, 0.15) is 6.04 Å². The van der Waals surface area contributed by atoms with Crippen molar-refractivity contribution in [2.24, 2.45) is 5.73 Å². The largest absolute Gasteiger partial charge is 0.480 e. The first-order valence-electron chi connectivity index (χ1n) is 5.14. The van der Waals surface area contributed by atoms with Gasteiger partial charge in [0.05, 0.1) is 5.56 Å². The molecule has 17 heavy (non-hydrogen) atoms. The maximum absolute atomic E-state index is 11.0. The number of aromatic carboxylic acids is 1. The molecule has 0 aliphatic carbocycles. The fraction of sp³-hybridized carbons (Fsp3) is 0.333. The highest BCUT2D eigenvalue weighted by Gasteiger charge is 2.15. The summed E-state index contributed by atoms with van der Waals surface area (Å²) in [6, 6.07) is 2.23. The van der Waals surface area contributed by atoms with Gasteiger partial charge in [0.25, 0.3) is 0 Å². The maximum atomic E-state index is 11.0.